The summed E-state index contributed by atoms with van der Waals surface area (Å²) in [5.41, 5.74) is 0. The summed E-state index contributed by atoms with van der Waals surface area (Å²) in [5.74, 6) is 0. The van der Waals surface area contributed by atoms with Crippen LogP contribution in [0.15, 0.2) is 0 Å². The van der Waals surface area contributed by atoms with Crippen molar-refractivity contribution < 1.29 is 18.1 Å². The molecule has 0 saturated heterocycles. The molecule has 0 aliphatic rings. The van der Waals surface area contributed by atoms with Crippen LogP contribution >= 0.6 is 0 Å². The monoisotopic (exact) mass is 169 g/mol. The van der Waals surface area contributed by atoms with Gasteiger partial charge in [0.2, 0.25) is 0 Å². The highest BCUT2D eigenvalue weighted by Crippen LogP contribution is 2.08. The molecule has 0 aliphatic heterocycles. The summed E-state index contributed by atoms with van der Waals surface area (Å²) < 4.78 is 29.4. The van der Waals surface area contributed by atoms with Crippen LogP contribution in [0, 0.1) is 0 Å². The van der Waals surface area contributed by atoms with Crippen molar-refractivity contribution in [3.63, 3.8) is 0 Å². The third kappa shape index (κ3) is 1.66. The van der Waals surface area contributed by atoms with Crippen LogP contribution < -0.4 is 5.32 Å². The van der Waals surface area contributed by atoms with Crippen LogP contribution in [-0.2, 0) is 10.1 Å². The van der Waals surface area contributed by atoms with Gasteiger partial charge in [-0.15, -0.1) is 0 Å². The van der Waals surface area contributed by atoms with Crippen molar-refractivity contribution in [1.29, 1.82) is 0 Å². The zero-order valence-electron chi connectivity index (χ0n) is 5.83. The first-order valence-corrected chi connectivity index (χ1v) is 4.08. The van der Waals surface area contributed by atoms with Crippen molar-refractivity contribution in [3.05, 3.63) is 0 Å². The molecule has 0 bridgehead atoms. The van der Waals surface area contributed by atoms with Crippen molar-refractivity contribution in [2.75, 3.05) is 13.7 Å². The summed E-state index contributed by atoms with van der Waals surface area (Å²) >= 11 is 0. The van der Waals surface area contributed by atoms with E-state index in [1.165, 1.54) is 14.0 Å². The van der Waals surface area contributed by atoms with Gasteiger partial charge >= 0.3 is 0 Å². The second-order valence-corrected chi connectivity index (χ2v) is 3.97. The van der Waals surface area contributed by atoms with E-state index in [9.17, 15) is 8.42 Å². The van der Waals surface area contributed by atoms with E-state index in [0.29, 0.717) is 0 Å². The molecule has 0 saturated carbocycles. The molecule has 6 heteroatoms. The van der Waals surface area contributed by atoms with Crippen molar-refractivity contribution in [1.82, 2.24) is 5.32 Å². The van der Waals surface area contributed by atoms with Gasteiger partial charge in [0.05, 0.1) is 6.61 Å². The fourth-order valence-corrected chi connectivity index (χ4v) is 0.711. The molecule has 5 nitrogen and oxygen atoms in total. The normalized spacial score (nSPS) is 18.4. The fraction of sp³-hybridized carbons (Fsp3) is 1.00. The lowest BCUT2D eigenvalue weighted by Crippen LogP contribution is -2.50. The lowest BCUT2D eigenvalue weighted by Gasteiger charge is -2.22. The molecule has 62 valence electrons. The van der Waals surface area contributed by atoms with Crippen LogP contribution in [-0.4, -0.2) is 36.6 Å². The van der Waals surface area contributed by atoms with Crippen LogP contribution in [0.1, 0.15) is 6.92 Å². The first kappa shape index (κ1) is 9.83. The Morgan fingerprint density at radius 1 is 1.60 bits per heavy atom. The maximum Gasteiger partial charge on any atom is 0.286 e. The topological polar surface area (TPSA) is 86.6 Å². The molecule has 0 radical (unpaired) electrons. The Kier molecular flexibility index (Phi) is 2.78. The SMILES string of the molecule is CNC(C)(CO)S(=O)(=O)O. The van der Waals surface area contributed by atoms with Gasteiger partial charge in [0, 0.05) is 0 Å². The summed E-state index contributed by atoms with van der Waals surface area (Å²) in [6.45, 7) is 0.519. The Morgan fingerprint density at radius 3 is 2.00 bits per heavy atom. The standard InChI is InChI=1S/C4H11NO4S/c1-4(3-6,5-2)10(7,8)9/h5-6H,3H2,1-2H3,(H,7,8,9). The number of hydrogen-bond donors (Lipinski definition) is 3. The number of aliphatic hydroxyl groups is 1. The van der Waals surface area contributed by atoms with Gasteiger partial charge in [0.15, 0.2) is 4.87 Å². The van der Waals surface area contributed by atoms with E-state index in [4.69, 9.17) is 9.66 Å². The van der Waals surface area contributed by atoms with E-state index in [1.807, 2.05) is 0 Å². The largest absolute Gasteiger partial charge is 0.393 e. The van der Waals surface area contributed by atoms with E-state index in [-0.39, 0.29) is 0 Å². The Bertz CT molecular complexity index is 193. The van der Waals surface area contributed by atoms with Crippen LogP contribution in [0.25, 0.3) is 0 Å². The van der Waals surface area contributed by atoms with Gasteiger partial charge in [0.1, 0.15) is 0 Å². The number of nitrogens with one attached hydrogen (secondary N) is 1. The van der Waals surface area contributed by atoms with Crippen molar-refractivity contribution in [2.24, 2.45) is 0 Å². The minimum atomic E-state index is -4.23. The highest BCUT2D eigenvalue weighted by molar-refractivity contribution is 7.87. The van der Waals surface area contributed by atoms with Crippen molar-refractivity contribution >= 4 is 10.1 Å². The smallest absolute Gasteiger partial charge is 0.286 e. The molecule has 0 heterocycles. The summed E-state index contributed by atoms with van der Waals surface area (Å²) in [6, 6.07) is 0. The van der Waals surface area contributed by atoms with E-state index in [1.54, 1.807) is 0 Å². The molecule has 0 rings (SSSR count). The van der Waals surface area contributed by atoms with E-state index >= 15 is 0 Å². The van der Waals surface area contributed by atoms with Crippen LogP contribution in [0.5, 0.6) is 0 Å². The Morgan fingerprint density at radius 2 is 2.00 bits per heavy atom. The van der Waals surface area contributed by atoms with Gasteiger partial charge in [-0.3, -0.25) is 9.87 Å². The fourth-order valence-electron chi connectivity index (χ4n) is 0.290. The van der Waals surface area contributed by atoms with E-state index < -0.39 is 21.6 Å². The predicted octanol–water partition coefficient (Wildman–Crippen LogP) is -1.20. The Hall–Kier alpha value is -0.170. The van der Waals surface area contributed by atoms with Gasteiger partial charge in [-0.05, 0) is 14.0 Å². The van der Waals surface area contributed by atoms with Crippen LogP contribution in [0.3, 0.4) is 0 Å². The van der Waals surface area contributed by atoms with E-state index in [2.05, 4.69) is 5.32 Å². The molecular weight excluding hydrogens is 158 g/mol. The summed E-state index contributed by atoms with van der Waals surface area (Å²) in [4.78, 5) is -1.65. The molecule has 1 unspecified atom stereocenters. The third-order valence-electron chi connectivity index (χ3n) is 1.40. The maximum absolute atomic E-state index is 10.4. The molecule has 10 heavy (non-hydrogen) atoms. The molecular formula is C4H11NO4S. The van der Waals surface area contributed by atoms with E-state index in [0.717, 1.165) is 0 Å². The molecule has 0 aromatic rings. The van der Waals surface area contributed by atoms with Gasteiger partial charge in [-0.25, -0.2) is 0 Å². The summed E-state index contributed by atoms with van der Waals surface area (Å²) in [6.07, 6.45) is 0. The molecule has 0 spiro atoms. The predicted molar refractivity (Wildman–Crippen MR) is 36.1 cm³/mol. The quantitative estimate of drug-likeness (QED) is 0.462. The highest BCUT2D eigenvalue weighted by atomic mass is 32.2. The number of aliphatic hydroxyl groups excluding tert-OH is 1. The van der Waals surface area contributed by atoms with Crippen molar-refractivity contribution in [2.45, 2.75) is 11.8 Å². The van der Waals surface area contributed by atoms with Gasteiger partial charge in [0.25, 0.3) is 10.1 Å². The minimum absolute atomic E-state index is 0.664. The number of rotatable bonds is 3. The average molecular weight is 169 g/mol. The van der Waals surface area contributed by atoms with Crippen LogP contribution in [0.2, 0.25) is 0 Å². The lowest BCUT2D eigenvalue weighted by molar-refractivity contribution is 0.224. The number of likely N-dealkylation sites (N-methyl/N-ethyl adjacent to an activating group) is 1. The molecule has 0 fully saturated rings. The Balaban J connectivity index is 4.68. The zero-order chi connectivity index (χ0) is 8.41. The van der Waals surface area contributed by atoms with Gasteiger partial charge in [-0.2, -0.15) is 8.42 Å². The molecule has 0 aliphatic carbocycles. The molecule has 3 N–H and O–H groups in total. The highest BCUT2D eigenvalue weighted by Gasteiger charge is 2.35. The van der Waals surface area contributed by atoms with Crippen molar-refractivity contribution in [3.8, 4) is 0 Å². The number of hydrogen-bond acceptors (Lipinski definition) is 4. The second kappa shape index (κ2) is 2.83. The third-order valence-corrected chi connectivity index (χ3v) is 2.87. The maximum atomic E-state index is 10.4. The lowest BCUT2D eigenvalue weighted by atomic mass is 10.4. The molecule has 1 atom stereocenters. The molecule has 0 aromatic carbocycles. The molecule has 0 aromatic heterocycles. The first-order chi connectivity index (χ1) is 4.37. The van der Waals surface area contributed by atoms with Gasteiger partial charge < -0.3 is 5.11 Å². The molecule has 0 amide bonds. The van der Waals surface area contributed by atoms with Gasteiger partial charge in [-0.1, -0.05) is 0 Å². The average Bonchev–Trinajstić information content (AvgIpc) is 1.84. The minimum Gasteiger partial charge on any atom is -0.393 e. The summed E-state index contributed by atoms with van der Waals surface area (Å²) in [5, 5.41) is 10.8. The summed E-state index contributed by atoms with van der Waals surface area (Å²) in [7, 11) is -2.89. The first-order valence-electron chi connectivity index (χ1n) is 2.64. The second-order valence-electron chi connectivity index (χ2n) is 2.11. The Labute approximate surface area is 59.8 Å². The van der Waals surface area contributed by atoms with Crippen LogP contribution in [0.4, 0.5) is 0 Å². The zero-order valence-corrected chi connectivity index (χ0v) is 6.64.